The van der Waals surface area contributed by atoms with Gasteiger partial charge in [0.05, 0.1) is 45.6 Å². The summed E-state index contributed by atoms with van der Waals surface area (Å²) < 4.78 is 15.9. The summed E-state index contributed by atoms with van der Waals surface area (Å²) in [6.07, 6.45) is 3.26. The molecule has 248 valence electrons. The molecule has 13 nitrogen and oxygen atoms in total. The molecule has 2 heterocycles. The number of aliphatic hydroxyl groups is 2. The van der Waals surface area contributed by atoms with E-state index in [1.165, 1.54) is 14.0 Å². The van der Waals surface area contributed by atoms with Crippen LogP contribution in [-0.2, 0) is 28.7 Å². The highest BCUT2D eigenvalue weighted by Crippen LogP contribution is 2.31. The number of ketones is 1. The van der Waals surface area contributed by atoms with Gasteiger partial charge in [-0.15, -0.1) is 0 Å². The molecular weight excluding hydrogens is 584 g/mol. The van der Waals surface area contributed by atoms with Crippen molar-refractivity contribution in [3.63, 3.8) is 0 Å². The van der Waals surface area contributed by atoms with Crippen LogP contribution in [0.25, 0.3) is 0 Å². The minimum Gasteiger partial charge on any atom is -0.497 e. The molecule has 3 amide bonds. The zero-order valence-electron chi connectivity index (χ0n) is 26.3. The summed E-state index contributed by atoms with van der Waals surface area (Å²) in [4.78, 5) is 55.6. The number of allylic oxidation sites excluding steroid dienone is 1. The fraction of sp³-hybridized carbons (Fsp3) is 0.625. The topological polar surface area (TPSA) is 179 Å². The number of epoxide rings is 1. The molecule has 45 heavy (non-hydrogen) atoms. The van der Waals surface area contributed by atoms with Gasteiger partial charge in [-0.05, 0) is 63.6 Å². The number of amides is 3. The Balaban J connectivity index is 1.54. The van der Waals surface area contributed by atoms with Crippen LogP contribution in [0.4, 0.5) is 0 Å². The number of hydrogen-bond acceptors (Lipinski definition) is 10. The lowest BCUT2D eigenvalue weighted by atomic mass is 9.89. The van der Waals surface area contributed by atoms with Crippen molar-refractivity contribution >= 4 is 23.5 Å². The Morgan fingerprint density at radius 3 is 2.24 bits per heavy atom. The Labute approximate surface area is 263 Å². The zero-order chi connectivity index (χ0) is 32.6. The van der Waals surface area contributed by atoms with E-state index < -0.39 is 53.7 Å². The normalized spacial score (nSPS) is 23.4. The maximum Gasteiger partial charge on any atom is 0.246 e. The number of methoxy groups -OCH3 is 1. The lowest BCUT2D eigenvalue weighted by Gasteiger charge is -2.30. The average molecular weight is 631 g/mol. The first-order valence-electron chi connectivity index (χ1n) is 15.6. The number of Topliss-reactive ketones (excluding diaryl/α,β-unsaturated/α-hetero) is 1. The van der Waals surface area contributed by atoms with E-state index in [1.807, 2.05) is 4.90 Å². The maximum absolute atomic E-state index is 13.9. The smallest absolute Gasteiger partial charge is 0.246 e. The average Bonchev–Trinajstić information content (AvgIpc) is 3.80. The highest BCUT2D eigenvalue weighted by atomic mass is 16.6. The van der Waals surface area contributed by atoms with Crippen molar-refractivity contribution < 1.29 is 43.6 Å². The van der Waals surface area contributed by atoms with Gasteiger partial charge in [0.1, 0.15) is 29.5 Å². The second-order valence-electron chi connectivity index (χ2n) is 12.1. The zero-order valence-corrected chi connectivity index (χ0v) is 26.3. The lowest BCUT2D eigenvalue weighted by molar-refractivity contribution is -0.138. The monoisotopic (exact) mass is 630 g/mol. The van der Waals surface area contributed by atoms with Crippen molar-refractivity contribution in [2.75, 3.05) is 46.6 Å². The molecule has 1 aliphatic carbocycles. The predicted molar refractivity (Wildman–Crippen MR) is 163 cm³/mol. The van der Waals surface area contributed by atoms with Gasteiger partial charge < -0.3 is 40.4 Å². The number of nitrogens with zero attached hydrogens (tertiary/aromatic N) is 1. The second kappa shape index (κ2) is 15.8. The van der Waals surface area contributed by atoms with Crippen molar-refractivity contribution in [1.29, 1.82) is 0 Å². The summed E-state index contributed by atoms with van der Waals surface area (Å²) in [6.45, 7) is 5.33. The van der Waals surface area contributed by atoms with Crippen molar-refractivity contribution in [2.24, 2.45) is 0 Å². The number of aliphatic hydroxyl groups excluding tert-OH is 2. The number of morpholine rings is 1. The van der Waals surface area contributed by atoms with Crippen molar-refractivity contribution in [3.8, 4) is 5.75 Å². The van der Waals surface area contributed by atoms with Crippen molar-refractivity contribution in [3.05, 3.63) is 41.5 Å². The molecule has 13 heteroatoms. The molecule has 0 bridgehead atoms. The molecule has 0 aromatic heterocycles. The number of hydrogen-bond donors (Lipinski definition) is 5. The van der Waals surface area contributed by atoms with E-state index in [1.54, 1.807) is 31.2 Å². The molecule has 5 N–H and O–H groups in total. The van der Waals surface area contributed by atoms with E-state index in [0.29, 0.717) is 37.6 Å². The number of ether oxygens (including phenoxy) is 3. The van der Waals surface area contributed by atoms with Crippen LogP contribution in [0.2, 0.25) is 0 Å². The highest BCUT2D eigenvalue weighted by Gasteiger charge is 2.50. The maximum atomic E-state index is 13.9. The van der Waals surface area contributed by atoms with Crippen molar-refractivity contribution in [2.45, 2.75) is 81.9 Å². The van der Waals surface area contributed by atoms with Crippen LogP contribution >= 0.6 is 0 Å². The molecule has 2 aliphatic heterocycles. The molecule has 6 atom stereocenters. The summed E-state index contributed by atoms with van der Waals surface area (Å²) in [5.74, 6) is -1.92. The van der Waals surface area contributed by atoms with E-state index >= 15 is 0 Å². The van der Waals surface area contributed by atoms with Gasteiger partial charge in [-0.25, -0.2) is 0 Å². The molecule has 3 aliphatic rings. The number of rotatable bonds is 15. The first-order valence-corrected chi connectivity index (χ1v) is 15.6. The van der Waals surface area contributed by atoms with E-state index in [-0.39, 0.29) is 25.4 Å². The van der Waals surface area contributed by atoms with Crippen LogP contribution in [0, 0.1) is 0 Å². The summed E-state index contributed by atoms with van der Waals surface area (Å²) in [5.41, 5.74) is 0.344. The summed E-state index contributed by atoms with van der Waals surface area (Å²) in [5, 5.41) is 29.7. The van der Waals surface area contributed by atoms with E-state index in [2.05, 4.69) is 22.0 Å². The van der Waals surface area contributed by atoms with Gasteiger partial charge >= 0.3 is 0 Å². The van der Waals surface area contributed by atoms with Crippen LogP contribution in [-0.4, -0.2) is 115 Å². The van der Waals surface area contributed by atoms with Gasteiger partial charge in [-0.3, -0.25) is 24.1 Å². The van der Waals surface area contributed by atoms with E-state index in [4.69, 9.17) is 14.2 Å². The summed E-state index contributed by atoms with van der Waals surface area (Å²) >= 11 is 0. The molecule has 0 spiro atoms. The van der Waals surface area contributed by atoms with Crippen LogP contribution in [0.5, 0.6) is 5.75 Å². The molecule has 0 saturated carbocycles. The van der Waals surface area contributed by atoms with E-state index in [9.17, 15) is 29.4 Å². The number of benzene rings is 1. The Morgan fingerprint density at radius 1 is 1.00 bits per heavy atom. The van der Waals surface area contributed by atoms with Gasteiger partial charge in [0, 0.05) is 13.1 Å². The standard InChI is InChI=1S/C32H46N4O9/c1-20(37)26(34-25(38)18-36-13-15-44-16-14-36)30(41)35-27(28(39)22-9-11-23(43-3)12-10-22)31(42)33-24(29(40)32(2)19-45-32)17-21-7-5-4-6-8-21/h7,9-12,20,24,26-28,37,39H,4-6,8,13-19H2,1-3H3,(H,33,42)(H,34,38)(H,35,41)/t20-,24+,26+,27?,28-,32-/m1/s1. The fourth-order valence-corrected chi connectivity index (χ4v) is 5.55. The second-order valence-corrected chi connectivity index (χ2v) is 12.1. The SMILES string of the molecule is COc1ccc([C@@H](O)C(NC(=O)[C@@H](NC(=O)CN2CCOCC2)[C@@H](C)O)C(=O)N[C@@H](CC2=CCCCC2)C(=O)[C@@]2(C)CO2)cc1. The number of nitrogens with one attached hydrogen (secondary N) is 3. The third-order valence-electron chi connectivity index (χ3n) is 8.49. The molecule has 1 aromatic carbocycles. The minimum absolute atomic E-state index is 0.00126. The summed E-state index contributed by atoms with van der Waals surface area (Å²) in [7, 11) is 1.49. The molecule has 2 fully saturated rings. The Kier molecular flexibility index (Phi) is 12.1. The Hall–Kier alpha value is -3.36. The molecule has 1 unspecified atom stereocenters. The first-order chi connectivity index (χ1) is 21.5. The van der Waals surface area contributed by atoms with Gasteiger partial charge in [-0.2, -0.15) is 0 Å². The lowest BCUT2D eigenvalue weighted by Crippen LogP contribution is -2.60. The van der Waals surface area contributed by atoms with E-state index in [0.717, 1.165) is 31.3 Å². The van der Waals surface area contributed by atoms with Gasteiger partial charge in [0.15, 0.2) is 5.78 Å². The largest absolute Gasteiger partial charge is 0.497 e. The Morgan fingerprint density at radius 2 is 1.67 bits per heavy atom. The van der Waals surface area contributed by atoms with Gasteiger partial charge in [0.2, 0.25) is 17.7 Å². The predicted octanol–water partition coefficient (Wildman–Crippen LogP) is 0.145. The molecule has 4 rings (SSSR count). The van der Waals surface area contributed by atoms with Gasteiger partial charge in [-0.1, -0.05) is 23.8 Å². The van der Waals surface area contributed by atoms with Crippen molar-refractivity contribution in [1.82, 2.24) is 20.9 Å². The minimum atomic E-state index is -1.58. The molecule has 2 saturated heterocycles. The third-order valence-corrected chi connectivity index (χ3v) is 8.49. The summed E-state index contributed by atoms with van der Waals surface area (Å²) in [6, 6.07) is 2.38. The molecule has 1 aromatic rings. The quantitative estimate of drug-likeness (QED) is 0.132. The molecule has 0 radical (unpaired) electrons. The molecular formula is C32H46N4O9. The Bertz CT molecular complexity index is 1230. The highest BCUT2D eigenvalue weighted by molar-refractivity contribution is 5.99. The van der Waals surface area contributed by atoms with Crippen LogP contribution in [0.1, 0.15) is 57.6 Å². The van der Waals surface area contributed by atoms with Crippen LogP contribution < -0.4 is 20.7 Å². The number of carbonyl (C=O) groups is 4. The third kappa shape index (κ3) is 9.57. The van der Waals surface area contributed by atoms with Gasteiger partial charge in [0.25, 0.3) is 0 Å². The van der Waals surface area contributed by atoms with Crippen LogP contribution in [0.15, 0.2) is 35.9 Å². The fourth-order valence-electron chi connectivity index (χ4n) is 5.55. The number of carbonyl (C=O) groups excluding carboxylic acids is 4. The van der Waals surface area contributed by atoms with Crippen LogP contribution in [0.3, 0.4) is 0 Å². The first kappa shape index (κ1) is 34.5.